The predicted molar refractivity (Wildman–Crippen MR) is 129 cm³/mol. The predicted octanol–water partition coefficient (Wildman–Crippen LogP) is 7.05. The third-order valence-corrected chi connectivity index (χ3v) is 5.71. The molecule has 0 saturated carbocycles. The van der Waals surface area contributed by atoms with E-state index in [1.165, 1.54) is 12.3 Å². The molecule has 1 heterocycles. The summed E-state index contributed by atoms with van der Waals surface area (Å²) in [5.74, 6) is 1.25. The van der Waals surface area contributed by atoms with Crippen LogP contribution in [0.25, 0.3) is 10.8 Å². The minimum atomic E-state index is -4.44. The van der Waals surface area contributed by atoms with E-state index in [9.17, 15) is 13.2 Å². The summed E-state index contributed by atoms with van der Waals surface area (Å²) in [7, 11) is 1.54. The van der Waals surface area contributed by atoms with Crippen molar-refractivity contribution in [3.8, 4) is 11.5 Å². The van der Waals surface area contributed by atoms with E-state index in [0.717, 1.165) is 28.6 Å². The molecule has 0 aliphatic heterocycles. The molecule has 0 aliphatic carbocycles. The van der Waals surface area contributed by atoms with Crippen molar-refractivity contribution in [2.24, 2.45) is 5.10 Å². The highest BCUT2D eigenvalue weighted by atomic mass is 79.9. The van der Waals surface area contributed by atoms with Crippen molar-refractivity contribution in [2.75, 3.05) is 12.5 Å². The number of nitrogens with zero attached hydrogens (tertiary/aromatic N) is 2. The third-order valence-electron chi connectivity index (χ3n) is 5.02. The lowest BCUT2D eigenvalue weighted by Crippen LogP contribution is -2.05. The normalized spacial score (nSPS) is 11.7. The molecule has 1 aromatic heterocycles. The quantitative estimate of drug-likeness (QED) is 0.206. The van der Waals surface area contributed by atoms with Gasteiger partial charge in [-0.25, -0.2) is 4.98 Å². The van der Waals surface area contributed by atoms with Gasteiger partial charge in [0.1, 0.15) is 12.4 Å². The minimum Gasteiger partial charge on any atom is -0.493 e. The van der Waals surface area contributed by atoms with Crippen molar-refractivity contribution in [2.45, 2.75) is 12.8 Å². The van der Waals surface area contributed by atoms with Crippen LogP contribution < -0.4 is 14.9 Å². The molecule has 0 radical (unpaired) electrons. The van der Waals surface area contributed by atoms with Gasteiger partial charge in [-0.2, -0.15) is 18.3 Å². The van der Waals surface area contributed by atoms with Gasteiger partial charge in [0.15, 0.2) is 11.5 Å². The molecule has 5 nitrogen and oxygen atoms in total. The number of anilines is 1. The second kappa shape index (κ2) is 10.1. The molecule has 0 saturated heterocycles. The summed E-state index contributed by atoms with van der Waals surface area (Å²) >= 11 is 3.50. The fourth-order valence-electron chi connectivity index (χ4n) is 3.29. The van der Waals surface area contributed by atoms with Gasteiger partial charge in [-0.15, -0.1) is 0 Å². The highest BCUT2D eigenvalue weighted by molar-refractivity contribution is 9.10. The number of hydrogen-bond acceptors (Lipinski definition) is 5. The standard InChI is InChI=1S/C25H19BrF3N3O2/c1-33-22-11-18(13-31-32-24-10-9-19(14-30-24)25(27,28)29)21(26)12-23(22)34-15-17-7-4-6-16-5-2-3-8-20(16)17/h2-14H,15H2,1H3,(H,30,32)/b31-13-. The van der Waals surface area contributed by atoms with E-state index in [0.29, 0.717) is 28.1 Å². The molecule has 1 N–H and O–H groups in total. The number of fused-ring (bicyclic) bond motifs is 1. The van der Waals surface area contributed by atoms with E-state index < -0.39 is 11.7 Å². The second-order valence-corrected chi connectivity index (χ2v) is 8.11. The van der Waals surface area contributed by atoms with Gasteiger partial charge in [0.25, 0.3) is 0 Å². The van der Waals surface area contributed by atoms with Crippen molar-refractivity contribution in [1.29, 1.82) is 0 Å². The van der Waals surface area contributed by atoms with E-state index in [4.69, 9.17) is 9.47 Å². The van der Waals surface area contributed by atoms with Gasteiger partial charge in [0.05, 0.1) is 18.9 Å². The molecule has 0 aliphatic rings. The Hall–Kier alpha value is -3.59. The fraction of sp³-hybridized carbons (Fsp3) is 0.120. The Morgan fingerprint density at radius 3 is 2.56 bits per heavy atom. The Bertz CT molecular complexity index is 1320. The summed E-state index contributed by atoms with van der Waals surface area (Å²) in [6.07, 6.45) is -2.19. The van der Waals surface area contributed by atoms with Gasteiger partial charge < -0.3 is 9.47 Å². The fourth-order valence-corrected chi connectivity index (χ4v) is 3.72. The van der Waals surface area contributed by atoms with Crippen LogP contribution in [-0.4, -0.2) is 18.3 Å². The lowest BCUT2D eigenvalue weighted by atomic mass is 10.1. The molecule has 0 amide bonds. The monoisotopic (exact) mass is 529 g/mol. The SMILES string of the molecule is COc1cc(/C=N\Nc2ccc(C(F)(F)F)cn2)c(Br)cc1OCc1cccc2ccccc12. The van der Waals surface area contributed by atoms with E-state index in [2.05, 4.69) is 49.6 Å². The molecule has 9 heteroatoms. The summed E-state index contributed by atoms with van der Waals surface area (Å²) < 4.78 is 50.2. The van der Waals surface area contributed by atoms with Gasteiger partial charge >= 0.3 is 6.18 Å². The average molecular weight is 530 g/mol. The minimum absolute atomic E-state index is 0.183. The first-order valence-corrected chi connectivity index (χ1v) is 10.9. The molecule has 34 heavy (non-hydrogen) atoms. The summed E-state index contributed by atoms with van der Waals surface area (Å²) in [6.45, 7) is 0.360. The number of hydrogen-bond donors (Lipinski definition) is 1. The number of methoxy groups -OCH3 is 1. The largest absolute Gasteiger partial charge is 0.493 e. The smallest absolute Gasteiger partial charge is 0.417 e. The summed E-state index contributed by atoms with van der Waals surface area (Å²) in [6, 6.07) is 19.8. The maximum atomic E-state index is 12.6. The number of alkyl halides is 3. The third kappa shape index (κ3) is 5.48. The van der Waals surface area contributed by atoms with Crippen LogP contribution in [0.2, 0.25) is 0 Å². The molecule has 0 unspecified atom stereocenters. The highest BCUT2D eigenvalue weighted by Gasteiger charge is 2.30. The van der Waals surface area contributed by atoms with Crippen LogP contribution in [0, 0.1) is 0 Å². The average Bonchev–Trinajstić information content (AvgIpc) is 2.83. The number of ether oxygens (including phenoxy) is 2. The first-order valence-electron chi connectivity index (χ1n) is 10.1. The van der Waals surface area contributed by atoms with Crippen LogP contribution in [0.5, 0.6) is 11.5 Å². The number of nitrogens with one attached hydrogen (secondary N) is 1. The van der Waals surface area contributed by atoms with Crippen molar-refractivity contribution in [3.63, 3.8) is 0 Å². The number of halogens is 4. The molecular formula is C25H19BrF3N3O2. The van der Waals surface area contributed by atoms with Crippen LogP contribution >= 0.6 is 15.9 Å². The Morgan fingerprint density at radius 1 is 1.03 bits per heavy atom. The Kier molecular flexibility index (Phi) is 7.02. The molecule has 0 fully saturated rings. The maximum absolute atomic E-state index is 12.6. The molecule has 0 bridgehead atoms. The Labute approximate surface area is 202 Å². The van der Waals surface area contributed by atoms with Crippen LogP contribution in [0.4, 0.5) is 19.0 Å². The molecular weight excluding hydrogens is 511 g/mol. The lowest BCUT2D eigenvalue weighted by Gasteiger charge is -2.14. The maximum Gasteiger partial charge on any atom is 0.417 e. The Balaban J connectivity index is 1.47. The second-order valence-electron chi connectivity index (χ2n) is 7.25. The van der Waals surface area contributed by atoms with Gasteiger partial charge in [-0.1, -0.05) is 42.5 Å². The van der Waals surface area contributed by atoms with E-state index in [-0.39, 0.29) is 5.82 Å². The van der Waals surface area contributed by atoms with Crippen LogP contribution in [0.15, 0.2) is 82.5 Å². The zero-order chi connectivity index (χ0) is 24.1. The Morgan fingerprint density at radius 2 is 1.82 bits per heavy atom. The van der Waals surface area contributed by atoms with Crippen LogP contribution in [-0.2, 0) is 12.8 Å². The number of benzene rings is 3. The highest BCUT2D eigenvalue weighted by Crippen LogP contribution is 2.34. The summed E-state index contributed by atoms with van der Waals surface area (Å²) in [4.78, 5) is 3.72. The zero-order valence-corrected chi connectivity index (χ0v) is 19.5. The summed E-state index contributed by atoms with van der Waals surface area (Å²) in [5, 5.41) is 6.31. The van der Waals surface area contributed by atoms with E-state index in [1.807, 2.05) is 24.3 Å². The first-order chi connectivity index (χ1) is 16.3. The topological polar surface area (TPSA) is 55.7 Å². The van der Waals surface area contributed by atoms with E-state index in [1.54, 1.807) is 19.2 Å². The van der Waals surface area contributed by atoms with Gasteiger partial charge in [0.2, 0.25) is 0 Å². The van der Waals surface area contributed by atoms with Crippen molar-refractivity contribution in [1.82, 2.24) is 4.98 Å². The molecule has 4 rings (SSSR count). The number of hydrazone groups is 1. The zero-order valence-electron chi connectivity index (χ0n) is 17.9. The molecule has 0 atom stereocenters. The van der Waals surface area contributed by atoms with Gasteiger partial charge in [-0.3, -0.25) is 5.43 Å². The van der Waals surface area contributed by atoms with Crippen molar-refractivity contribution < 1.29 is 22.6 Å². The number of pyridine rings is 1. The number of rotatable bonds is 7. The molecule has 3 aromatic carbocycles. The molecule has 0 spiro atoms. The lowest BCUT2D eigenvalue weighted by molar-refractivity contribution is -0.137. The molecule has 174 valence electrons. The first kappa shape index (κ1) is 23.6. The summed E-state index contributed by atoms with van der Waals surface area (Å²) in [5.41, 5.74) is 3.51. The van der Waals surface area contributed by atoms with Gasteiger partial charge in [0, 0.05) is 16.2 Å². The van der Waals surface area contributed by atoms with Gasteiger partial charge in [-0.05, 0) is 56.5 Å². The van der Waals surface area contributed by atoms with E-state index >= 15 is 0 Å². The van der Waals surface area contributed by atoms with Crippen LogP contribution in [0.3, 0.4) is 0 Å². The van der Waals surface area contributed by atoms with Crippen molar-refractivity contribution >= 4 is 38.7 Å². The number of aromatic nitrogens is 1. The van der Waals surface area contributed by atoms with Crippen LogP contribution in [0.1, 0.15) is 16.7 Å². The van der Waals surface area contributed by atoms with Crippen molar-refractivity contribution in [3.05, 3.63) is 94.1 Å². The molecule has 4 aromatic rings.